The van der Waals surface area contributed by atoms with Gasteiger partial charge >= 0.3 is 0 Å². The molecule has 0 saturated heterocycles. The van der Waals surface area contributed by atoms with Crippen LogP contribution >= 0.6 is 0 Å². The maximum absolute atomic E-state index is 13.0. The van der Waals surface area contributed by atoms with Crippen molar-refractivity contribution < 1.29 is 4.79 Å². The molecule has 202 valence electrons. The van der Waals surface area contributed by atoms with E-state index in [4.69, 9.17) is 20.7 Å². The van der Waals surface area contributed by atoms with Crippen molar-refractivity contribution in [2.45, 2.75) is 57.5 Å². The molecule has 5 aromatic rings. The van der Waals surface area contributed by atoms with Crippen LogP contribution in [0.1, 0.15) is 61.8 Å². The van der Waals surface area contributed by atoms with Crippen LogP contribution in [-0.4, -0.2) is 31.5 Å². The van der Waals surface area contributed by atoms with E-state index in [2.05, 4.69) is 28.6 Å². The Kier molecular flexibility index (Phi) is 7.03. The highest BCUT2D eigenvalue weighted by Gasteiger charge is 2.24. The number of hydrogen-bond acceptors (Lipinski definition) is 5. The van der Waals surface area contributed by atoms with E-state index in [0.29, 0.717) is 23.7 Å². The maximum Gasteiger partial charge on any atom is 0.251 e. The first kappa shape index (κ1) is 25.7. The number of carbonyl (C=O) groups is 1. The lowest BCUT2D eigenvalue weighted by Gasteiger charge is -2.25. The summed E-state index contributed by atoms with van der Waals surface area (Å²) in [7, 11) is 0. The lowest BCUT2D eigenvalue weighted by atomic mass is 9.94. The first-order valence-electron chi connectivity index (χ1n) is 14.1. The first-order valence-corrected chi connectivity index (χ1v) is 14.1. The number of carbonyl (C=O) groups excluding carboxylic acids is 1. The molecule has 1 amide bonds. The van der Waals surface area contributed by atoms with Gasteiger partial charge in [0, 0.05) is 28.4 Å². The molecule has 3 aromatic carbocycles. The quantitative estimate of drug-likeness (QED) is 0.241. The monoisotopic (exact) mass is 530 g/mol. The van der Waals surface area contributed by atoms with Gasteiger partial charge in [-0.05, 0) is 55.7 Å². The molecule has 7 nitrogen and oxygen atoms in total. The van der Waals surface area contributed by atoms with Crippen molar-refractivity contribution >= 4 is 28.0 Å². The molecule has 1 fully saturated rings. The highest BCUT2D eigenvalue weighted by molar-refractivity contribution is 5.98. The lowest BCUT2D eigenvalue weighted by molar-refractivity contribution is 0.0941. The number of fused-ring (bicyclic) bond motifs is 2. The zero-order chi connectivity index (χ0) is 27.6. The lowest BCUT2D eigenvalue weighted by Crippen LogP contribution is -2.37. The van der Waals surface area contributed by atoms with Gasteiger partial charge in [-0.25, -0.2) is 9.97 Å². The molecule has 0 bridgehead atoms. The van der Waals surface area contributed by atoms with E-state index in [-0.39, 0.29) is 11.9 Å². The average Bonchev–Trinajstić information content (AvgIpc) is 3.39. The van der Waals surface area contributed by atoms with E-state index in [1.54, 1.807) is 0 Å². The number of aromatic nitrogens is 4. The Balaban J connectivity index is 1.41. The summed E-state index contributed by atoms with van der Waals surface area (Å²) in [6, 6.07) is 22.2. The van der Waals surface area contributed by atoms with E-state index >= 15 is 0 Å². The first-order chi connectivity index (χ1) is 19.5. The molecule has 0 radical (unpaired) electrons. The Labute approximate surface area is 234 Å². The zero-order valence-electron chi connectivity index (χ0n) is 22.8. The second-order valence-corrected chi connectivity index (χ2v) is 10.6. The summed E-state index contributed by atoms with van der Waals surface area (Å²) in [6.45, 7) is 5.78. The number of amides is 1. The van der Waals surface area contributed by atoms with Gasteiger partial charge < -0.3 is 15.6 Å². The van der Waals surface area contributed by atoms with Crippen LogP contribution in [0.4, 0.5) is 0 Å². The zero-order valence-corrected chi connectivity index (χ0v) is 22.8. The summed E-state index contributed by atoms with van der Waals surface area (Å²) in [6.07, 6.45) is 8.42. The van der Waals surface area contributed by atoms with E-state index < -0.39 is 0 Å². The van der Waals surface area contributed by atoms with Gasteiger partial charge in [0.15, 0.2) is 0 Å². The number of hydrogen-bond donors (Lipinski definition) is 2. The molecular formula is C33H34N6O. The predicted molar refractivity (Wildman–Crippen MR) is 161 cm³/mol. The van der Waals surface area contributed by atoms with Gasteiger partial charge in [0.05, 0.1) is 40.0 Å². The standard InChI is InChI=1S/C33H34N6O/c1-3-26(21(2)34)38-33(40)24-15-17-31-29(19-24)37-32(39(31)25-12-8-5-9-13-25)23-14-16-27-28(18-23)35-20-30(36-27)22-10-6-4-7-11-22/h4,6-7,10-11,14-20,25-26H,2-3,5,8-9,12-13,34H2,1H3,(H,38,40). The molecular weight excluding hydrogens is 496 g/mol. The second-order valence-electron chi connectivity index (χ2n) is 10.6. The molecule has 2 heterocycles. The summed E-state index contributed by atoms with van der Waals surface area (Å²) >= 11 is 0. The van der Waals surface area contributed by atoms with Crippen LogP contribution in [0.15, 0.2) is 85.2 Å². The van der Waals surface area contributed by atoms with Crippen molar-refractivity contribution in [2.75, 3.05) is 0 Å². The van der Waals surface area contributed by atoms with E-state index in [9.17, 15) is 4.79 Å². The molecule has 40 heavy (non-hydrogen) atoms. The van der Waals surface area contributed by atoms with Gasteiger partial charge in [0.1, 0.15) is 5.82 Å². The number of nitrogens with two attached hydrogens (primary N) is 1. The highest BCUT2D eigenvalue weighted by Crippen LogP contribution is 2.37. The van der Waals surface area contributed by atoms with E-state index in [0.717, 1.165) is 57.6 Å². The van der Waals surface area contributed by atoms with Crippen LogP contribution in [-0.2, 0) is 0 Å². The van der Waals surface area contributed by atoms with Crippen molar-refractivity contribution in [3.8, 4) is 22.6 Å². The van der Waals surface area contributed by atoms with Gasteiger partial charge in [-0.2, -0.15) is 0 Å². The minimum Gasteiger partial charge on any atom is -0.401 e. The summed E-state index contributed by atoms with van der Waals surface area (Å²) in [4.78, 5) is 27.8. The fraction of sp³-hybridized carbons (Fsp3) is 0.273. The smallest absolute Gasteiger partial charge is 0.251 e. The topological polar surface area (TPSA) is 98.7 Å². The molecule has 1 atom stereocenters. The van der Waals surface area contributed by atoms with Gasteiger partial charge in [-0.15, -0.1) is 0 Å². The van der Waals surface area contributed by atoms with Crippen LogP contribution in [0.25, 0.3) is 44.7 Å². The van der Waals surface area contributed by atoms with Gasteiger partial charge in [0.25, 0.3) is 5.91 Å². The minimum absolute atomic E-state index is 0.177. The molecule has 1 aliphatic carbocycles. The minimum atomic E-state index is -0.264. The number of nitrogens with zero attached hydrogens (tertiary/aromatic N) is 4. The molecule has 0 spiro atoms. The average molecular weight is 531 g/mol. The predicted octanol–water partition coefficient (Wildman–Crippen LogP) is 6.80. The molecule has 1 aliphatic rings. The Morgan fingerprint density at radius 1 is 0.975 bits per heavy atom. The number of imidazole rings is 1. The van der Waals surface area contributed by atoms with Crippen LogP contribution in [0.3, 0.4) is 0 Å². The largest absolute Gasteiger partial charge is 0.401 e. The SMILES string of the molecule is C=C(N)C(CC)NC(=O)c1ccc2c(c1)nc(-c1ccc3nc(-c4ccccc4)cnc3c1)n2C1CCCCC1. The molecule has 6 rings (SSSR count). The normalized spacial score (nSPS) is 14.8. The second kappa shape index (κ2) is 10.9. The number of nitrogens with one attached hydrogen (secondary N) is 1. The van der Waals surface area contributed by atoms with Crippen LogP contribution in [0.2, 0.25) is 0 Å². The van der Waals surface area contributed by atoms with Crippen molar-refractivity contribution in [1.29, 1.82) is 0 Å². The third kappa shape index (κ3) is 4.95. The molecule has 0 aliphatic heterocycles. The summed E-state index contributed by atoms with van der Waals surface area (Å²) in [5.74, 6) is 0.724. The highest BCUT2D eigenvalue weighted by atomic mass is 16.1. The third-order valence-electron chi connectivity index (χ3n) is 7.92. The molecule has 1 saturated carbocycles. The fourth-order valence-corrected chi connectivity index (χ4v) is 5.75. The van der Waals surface area contributed by atoms with Crippen molar-refractivity contribution in [3.05, 3.63) is 90.8 Å². The number of rotatable bonds is 7. The van der Waals surface area contributed by atoms with Crippen LogP contribution < -0.4 is 11.1 Å². The fourth-order valence-electron chi connectivity index (χ4n) is 5.75. The van der Waals surface area contributed by atoms with Crippen molar-refractivity contribution in [1.82, 2.24) is 24.8 Å². The summed E-state index contributed by atoms with van der Waals surface area (Å²) < 4.78 is 2.37. The van der Waals surface area contributed by atoms with Gasteiger partial charge in [0.2, 0.25) is 0 Å². The Morgan fingerprint density at radius 2 is 1.77 bits per heavy atom. The summed E-state index contributed by atoms with van der Waals surface area (Å²) in [5, 5.41) is 2.99. The van der Waals surface area contributed by atoms with Crippen molar-refractivity contribution in [3.63, 3.8) is 0 Å². The maximum atomic E-state index is 13.0. The molecule has 2 aromatic heterocycles. The third-order valence-corrected chi connectivity index (χ3v) is 7.92. The Morgan fingerprint density at radius 3 is 2.52 bits per heavy atom. The Bertz CT molecular complexity index is 1700. The molecule has 7 heteroatoms. The van der Waals surface area contributed by atoms with Gasteiger partial charge in [-0.3, -0.25) is 9.78 Å². The molecule has 3 N–H and O–H groups in total. The van der Waals surface area contributed by atoms with Gasteiger partial charge in [-0.1, -0.05) is 63.1 Å². The molecule has 1 unspecified atom stereocenters. The summed E-state index contributed by atoms with van der Waals surface area (Å²) in [5.41, 5.74) is 13.3. The Hall–Kier alpha value is -4.52. The van der Waals surface area contributed by atoms with E-state index in [1.165, 1.54) is 19.3 Å². The number of benzene rings is 3. The van der Waals surface area contributed by atoms with E-state index in [1.807, 2.05) is 67.7 Å². The van der Waals surface area contributed by atoms with Crippen molar-refractivity contribution in [2.24, 2.45) is 5.73 Å². The van der Waals surface area contributed by atoms with Crippen LogP contribution in [0.5, 0.6) is 0 Å². The van der Waals surface area contributed by atoms with Crippen LogP contribution in [0, 0.1) is 0 Å².